The van der Waals surface area contributed by atoms with Gasteiger partial charge in [-0.2, -0.15) is 0 Å². The van der Waals surface area contributed by atoms with Gasteiger partial charge in [0.2, 0.25) is 0 Å². The lowest BCUT2D eigenvalue weighted by molar-refractivity contribution is -0.0471. The van der Waals surface area contributed by atoms with Crippen LogP contribution in [0.15, 0.2) is 12.1 Å². The van der Waals surface area contributed by atoms with Crippen LogP contribution in [0, 0.1) is 12.8 Å². The molecule has 2 rings (SSSR count). The summed E-state index contributed by atoms with van der Waals surface area (Å²) in [7, 11) is 0. The van der Waals surface area contributed by atoms with Gasteiger partial charge in [0, 0.05) is 15.8 Å². The molecule has 2 nitrogen and oxygen atoms in total. The minimum atomic E-state index is 0.0853. The Labute approximate surface area is 121 Å². The number of rotatable bonds is 5. The van der Waals surface area contributed by atoms with Crippen molar-refractivity contribution in [2.45, 2.75) is 71.1 Å². The summed E-state index contributed by atoms with van der Waals surface area (Å²) in [6.45, 7) is 6.63. The van der Waals surface area contributed by atoms with Crippen LogP contribution in [0.3, 0.4) is 0 Å². The zero-order valence-electron chi connectivity index (χ0n) is 12.4. The zero-order valence-corrected chi connectivity index (χ0v) is 13.2. The molecule has 2 unspecified atom stereocenters. The van der Waals surface area contributed by atoms with E-state index < -0.39 is 0 Å². The Morgan fingerprint density at radius 1 is 1.32 bits per heavy atom. The molecule has 1 aliphatic carbocycles. The first-order chi connectivity index (χ1) is 9.10. The maximum absolute atomic E-state index is 6.38. The van der Waals surface area contributed by atoms with Gasteiger partial charge in [-0.1, -0.05) is 13.8 Å². The van der Waals surface area contributed by atoms with Crippen LogP contribution in [0.1, 0.15) is 61.8 Å². The Kier molecular flexibility index (Phi) is 5.43. The molecule has 1 heterocycles. The van der Waals surface area contributed by atoms with E-state index in [4.69, 9.17) is 10.5 Å². The number of aryl methyl sites for hydroxylation is 1. The van der Waals surface area contributed by atoms with E-state index in [1.807, 2.05) is 11.3 Å². The Morgan fingerprint density at radius 3 is 2.53 bits per heavy atom. The van der Waals surface area contributed by atoms with E-state index in [9.17, 15) is 0 Å². The molecule has 2 atom stereocenters. The summed E-state index contributed by atoms with van der Waals surface area (Å²) >= 11 is 1.82. The number of thiophene rings is 1. The Balaban J connectivity index is 2.02. The van der Waals surface area contributed by atoms with Gasteiger partial charge in [-0.25, -0.2) is 0 Å². The van der Waals surface area contributed by atoms with Gasteiger partial charge in [-0.3, -0.25) is 0 Å². The number of nitrogens with two attached hydrogens (primary N) is 1. The summed E-state index contributed by atoms with van der Waals surface area (Å²) in [5.41, 5.74) is 6.28. The van der Waals surface area contributed by atoms with Crippen LogP contribution >= 0.6 is 11.3 Å². The van der Waals surface area contributed by atoms with Crippen molar-refractivity contribution in [2.24, 2.45) is 11.7 Å². The van der Waals surface area contributed by atoms with Crippen LogP contribution in [0.5, 0.6) is 0 Å². The molecular weight excluding hydrogens is 254 g/mol. The summed E-state index contributed by atoms with van der Waals surface area (Å²) in [6.07, 6.45) is 6.43. The van der Waals surface area contributed by atoms with Gasteiger partial charge in [-0.15, -0.1) is 11.3 Å². The fraction of sp³-hybridized carbons (Fsp3) is 0.750. The predicted octanol–water partition coefficient (Wildman–Crippen LogP) is 4.43. The minimum Gasteiger partial charge on any atom is -0.368 e. The molecule has 0 aromatic carbocycles. The average Bonchev–Trinajstić information content (AvgIpc) is 2.83. The largest absolute Gasteiger partial charge is 0.368 e. The highest BCUT2D eigenvalue weighted by Gasteiger charge is 2.27. The molecule has 0 radical (unpaired) electrons. The first-order valence-electron chi connectivity index (χ1n) is 7.57. The van der Waals surface area contributed by atoms with Crippen LogP contribution in [0.25, 0.3) is 0 Å². The van der Waals surface area contributed by atoms with Crippen molar-refractivity contribution in [3.05, 3.63) is 21.9 Å². The average molecular weight is 281 g/mol. The van der Waals surface area contributed by atoms with E-state index in [-0.39, 0.29) is 12.1 Å². The fourth-order valence-electron chi connectivity index (χ4n) is 2.77. The molecule has 2 N–H and O–H groups in total. The van der Waals surface area contributed by atoms with Crippen LogP contribution in [0.4, 0.5) is 0 Å². The molecule has 0 spiro atoms. The summed E-state index contributed by atoms with van der Waals surface area (Å²) in [4.78, 5) is 2.63. The topological polar surface area (TPSA) is 35.2 Å². The molecule has 19 heavy (non-hydrogen) atoms. The van der Waals surface area contributed by atoms with Crippen molar-refractivity contribution < 1.29 is 4.74 Å². The van der Waals surface area contributed by atoms with Gasteiger partial charge in [0.05, 0.1) is 6.10 Å². The molecule has 1 aliphatic rings. The molecule has 1 saturated carbocycles. The highest BCUT2D eigenvalue weighted by atomic mass is 32.1. The van der Waals surface area contributed by atoms with Crippen LogP contribution in [-0.4, -0.2) is 12.1 Å². The Bertz CT molecular complexity index is 382. The lowest BCUT2D eigenvalue weighted by Gasteiger charge is -2.32. The summed E-state index contributed by atoms with van der Waals surface area (Å²) in [5, 5.41) is 0. The SMILES string of the molecule is CCC(N)C(OC1CCC(C)CC1)c1ccc(C)s1. The lowest BCUT2D eigenvalue weighted by Crippen LogP contribution is -2.33. The van der Waals surface area contributed by atoms with Crippen molar-refractivity contribution in [3.8, 4) is 0 Å². The Hall–Kier alpha value is -0.380. The third-order valence-corrected chi connectivity index (χ3v) is 5.27. The number of hydrogen-bond acceptors (Lipinski definition) is 3. The molecule has 0 bridgehead atoms. The third-order valence-electron chi connectivity index (χ3n) is 4.20. The van der Waals surface area contributed by atoms with Crippen molar-refractivity contribution in [3.63, 3.8) is 0 Å². The fourth-order valence-corrected chi connectivity index (χ4v) is 3.76. The standard InChI is InChI=1S/C16H27NOS/c1-4-14(17)16(15-10-7-12(3)19-15)18-13-8-5-11(2)6-9-13/h7,10-11,13-14,16H,4-6,8-9,17H2,1-3H3. The highest BCUT2D eigenvalue weighted by molar-refractivity contribution is 7.12. The number of hydrogen-bond donors (Lipinski definition) is 1. The van der Waals surface area contributed by atoms with E-state index >= 15 is 0 Å². The maximum Gasteiger partial charge on any atom is 0.107 e. The predicted molar refractivity (Wildman–Crippen MR) is 82.6 cm³/mol. The van der Waals surface area contributed by atoms with E-state index in [1.54, 1.807) is 0 Å². The van der Waals surface area contributed by atoms with Crippen molar-refractivity contribution in [2.75, 3.05) is 0 Å². The second-order valence-corrected chi connectivity index (χ2v) is 7.28. The second kappa shape index (κ2) is 6.87. The van der Waals surface area contributed by atoms with Gasteiger partial charge < -0.3 is 10.5 Å². The quantitative estimate of drug-likeness (QED) is 0.866. The monoisotopic (exact) mass is 281 g/mol. The normalized spacial score (nSPS) is 27.2. The van der Waals surface area contributed by atoms with Crippen LogP contribution in [0.2, 0.25) is 0 Å². The van der Waals surface area contributed by atoms with Crippen LogP contribution in [-0.2, 0) is 4.74 Å². The van der Waals surface area contributed by atoms with E-state index in [0.29, 0.717) is 6.10 Å². The molecule has 108 valence electrons. The third kappa shape index (κ3) is 4.04. The van der Waals surface area contributed by atoms with E-state index in [0.717, 1.165) is 12.3 Å². The van der Waals surface area contributed by atoms with E-state index in [2.05, 4.69) is 32.9 Å². The van der Waals surface area contributed by atoms with E-state index in [1.165, 1.54) is 35.4 Å². The van der Waals surface area contributed by atoms with Gasteiger partial charge in [0.1, 0.15) is 6.10 Å². The molecule has 0 saturated heterocycles. The summed E-state index contributed by atoms with van der Waals surface area (Å²) < 4.78 is 6.38. The molecule has 1 aromatic heterocycles. The summed E-state index contributed by atoms with van der Waals surface area (Å²) in [5.74, 6) is 0.863. The van der Waals surface area contributed by atoms with Crippen molar-refractivity contribution in [1.29, 1.82) is 0 Å². The lowest BCUT2D eigenvalue weighted by atomic mass is 9.88. The van der Waals surface area contributed by atoms with Gasteiger partial charge in [-0.05, 0) is 57.1 Å². The van der Waals surface area contributed by atoms with Gasteiger partial charge in [0.15, 0.2) is 0 Å². The molecule has 0 aliphatic heterocycles. The smallest absolute Gasteiger partial charge is 0.107 e. The molecule has 1 fully saturated rings. The second-order valence-electron chi connectivity index (χ2n) is 5.96. The van der Waals surface area contributed by atoms with Gasteiger partial charge >= 0.3 is 0 Å². The highest BCUT2D eigenvalue weighted by Crippen LogP contribution is 2.34. The minimum absolute atomic E-state index is 0.0853. The molecular formula is C16H27NOS. The molecule has 0 amide bonds. The number of ether oxygens (including phenoxy) is 1. The Morgan fingerprint density at radius 2 is 2.00 bits per heavy atom. The van der Waals surface area contributed by atoms with Gasteiger partial charge in [0.25, 0.3) is 0 Å². The zero-order chi connectivity index (χ0) is 13.8. The summed E-state index contributed by atoms with van der Waals surface area (Å²) in [6, 6.07) is 4.46. The first kappa shape index (κ1) is 15.0. The van der Waals surface area contributed by atoms with Crippen molar-refractivity contribution >= 4 is 11.3 Å². The van der Waals surface area contributed by atoms with Crippen LogP contribution < -0.4 is 5.73 Å². The van der Waals surface area contributed by atoms with Crippen molar-refractivity contribution in [1.82, 2.24) is 0 Å². The molecule has 1 aromatic rings. The maximum atomic E-state index is 6.38. The molecule has 3 heteroatoms. The first-order valence-corrected chi connectivity index (χ1v) is 8.39.